The highest BCUT2D eigenvalue weighted by Crippen LogP contribution is 2.51. The molecule has 0 radical (unpaired) electrons. The van der Waals surface area contributed by atoms with E-state index in [0.717, 1.165) is 5.75 Å². The smallest absolute Gasteiger partial charge is 0.120 e. The number of rotatable bonds is 5. The molecule has 2 aromatic rings. The molecular formula is C23H27ClO. The molecule has 0 aromatic heterocycles. The van der Waals surface area contributed by atoms with Crippen molar-refractivity contribution in [3.63, 3.8) is 0 Å². The fraction of sp³-hybridized carbons (Fsp3) is 0.478. The highest BCUT2D eigenvalue weighted by molar-refractivity contribution is 6.17. The largest absolute Gasteiger partial charge is 0.490 e. The number of ether oxygens (including phenoxy) is 1. The van der Waals surface area contributed by atoms with E-state index in [9.17, 15) is 0 Å². The van der Waals surface area contributed by atoms with E-state index in [1.54, 1.807) is 0 Å². The molecule has 1 nitrogen and oxygen atoms in total. The highest BCUT2D eigenvalue weighted by atomic mass is 35.5. The van der Waals surface area contributed by atoms with Crippen LogP contribution in [0.1, 0.15) is 63.0 Å². The zero-order valence-electron chi connectivity index (χ0n) is 15.2. The molecule has 2 aromatic carbocycles. The van der Waals surface area contributed by atoms with Gasteiger partial charge in [-0.15, -0.1) is 11.6 Å². The molecule has 4 rings (SSSR count). The van der Waals surface area contributed by atoms with Gasteiger partial charge >= 0.3 is 0 Å². The monoisotopic (exact) mass is 354 g/mol. The molecule has 2 saturated carbocycles. The average molecular weight is 355 g/mol. The average Bonchev–Trinajstić information content (AvgIpc) is 3.35. The third-order valence-electron chi connectivity index (χ3n) is 5.88. The van der Waals surface area contributed by atoms with E-state index in [-0.39, 0.29) is 0 Å². The van der Waals surface area contributed by atoms with E-state index in [0.29, 0.717) is 23.3 Å². The van der Waals surface area contributed by atoms with Crippen molar-refractivity contribution in [3.8, 4) is 16.9 Å². The molecule has 2 aliphatic rings. The summed E-state index contributed by atoms with van der Waals surface area (Å²) in [5, 5.41) is 0. The Morgan fingerprint density at radius 1 is 1.08 bits per heavy atom. The standard InChI is InChI=1S/C23H27ClO/c1-23(2)12-4-7-22(23)21-13-16(15-24)8-11-20(21)17-5-3-6-19(14-17)25-18-9-10-18/h3,5-6,8,11,13-14,18,22H,4,7,9-10,12,15H2,1-2H3/t22-/m0/s1. The van der Waals surface area contributed by atoms with Crippen LogP contribution < -0.4 is 4.74 Å². The van der Waals surface area contributed by atoms with E-state index in [4.69, 9.17) is 16.3 Å². The Morgan fingerprint density at radius 3 is 2.60 bits per heavy atom. The van der Waals surface area contributed by atoms with Gasteiger partial charge in [-0.3, -0.25) is 0 Å². The van der Waals surface area contributed by atoms with E-state index in [2.05, 4.69) is 56.3 Å². The maximum atomic E-state index is 6.14. The quantitative estimate of drug-likeness (QED) is 0.529. The van der Waals surface area contributed by atoms with Crippen LogP contribution in [-0.4, -0.2) is 6.10 Å². The minimum atomic E-state index is 0.349. The maximum absolute atomic E-state index is 6.14. The first-order valence-electron chi connectivity index (χ1n) is 9.53. The first-order valence-corrected chi connectivity index (χ1v) is 10.1. The van der Waals surface area contributed by atoms with Gasteiger partial charge in [0.05, 0.1) is 6.10 Å². The molecule has 0 unspecified atom stereocenters. The number of halogens is 1. The predicted octanol–water partition coefficient (Wildman–Crippen LogP) is 6.93. The van der Waals surface area contributed by atoms with Gasteiger partial charge in [-0.25, -0.2) is 0 Å². The van der Waals surface area contributed by atoms with E-state index in [1.807, 2.05) is 0 Å². The van der Waals surface area contributed by atoms with Crippen molar-refractivity contribution >= 4 is 11.6 Å². The van der Waals surface area contributed by atoms with Gasteiger partial charge < -0.3 is 4.74 Å². The van der Waals surface area contributed by atoms with E-state index >= 15 is 0 Å². The Morgan fingerprint density at radius 2 is 1.92 bits per heavy atom. The number of benzene rings is 2. The van der Waals surface area contributed by atoms with Crippen molar-refractivity contribution in [2.75, 3.05) is 0 Å². The maximum Gasteiger partial charge on any atom is 0.120 e. The van der Waals surface area contributed by atoms with Gasteiger partial charge in [0.25, 0.3) is 0 Å². The number of alkyl halides is 1. The topological polar surface area (TPSA) is 9.23 Å². The van der Waals surface area contributed by atoms with Crippen LogP contribution in [0.25, 0.3) is 11.1 Å². The van der Waals surface area contributed by atoms with Crippen LogP contribution in [0.15, 0.2) is 42.5 Å². The van der Waals surface area contributed by atoms with Gasteiger partial charge in [0.15, 0.2) is 0 Å². The molecule has 0 saturated heterocycles. The Labute approximate surface area is 156 Å². The first-order chi connectivity index (χ1) is 12.1. The van der Waals surface area contributed by atoms with Crippen molar-refractivity contribution in [1.82, 2.24) is 0 Å². The van der Waals surface area contributed by atoms with Crippen LogP contribution in [-0.2, 0) is 5.88 Å². The van der Waals surface area contributed by atoms with Gasteiger partial charge in [-0.1, -0.05) is 50.6 Å². The Kier molecular flexibility index (Phi) is 4.54. The summed E-state index contributed by atoms with van der Waals surface area (Å²) in [6.07, 6.45) is 6.69. The lowest BCUT2D eigenvalue weighted by atomic mass is 9.75. The SMILES string of the molecule is CC1(C)CCC[C@H]1c1cc(CCl)ccc1-c1cccc(OC2CC2)c1. The molecule has 0 N–H and O–H groups in total. The predicted molar refractivity (Wildman–Crippen MR) is 105 cm³/mol. The minimum absolute atomic E-state index is 0.349. The third-order valence-corrected chi connectivity index (χ3v) is 6.18. The summed E-state index contributed by atoms with van der Waals surface area (Å²) in [7, 11) is 0. The summed E-state index contributed by atoms with van der Waals surface area (Å²) in [6, 6.07) is 15.4. The Bertz CT molecular complexity index is 760. The molecule has 0 bridgehead atoms. The lowest BCUT2D eigenvalue weighted by Crippen LogP contribution is -2.16. The van der Waals surface area contributed by atoms with Crippen LogP contribution in [0.3, 0.4) is 0 Å². The van der Waals surface area contributed by atoms with Crippen molar-refractivity contribution in [3.05, 3.63) is 53.6 Å². The van der Waals surface area contributed by atoms with Gasteiger partial charge in [0.2, 0.25) is 0 Å². The summed E-state index contributed by atoms with van der Waals surface area (Å²) in [6.45, 7) is 4.82. The molecule has 0 aliphatic heterocycles. The van der Waals surface area contributed by atoms with Crippen LogP contribution in [0.5, 0.6) is 5.75 Å². The summed E-state index contributed by atoms with van der Waals surface area (Å²) in [5.41, 5.74) is 5.63. The first kappa shape index (κ1) is 17.0. The zero-order chi connectivity index (χ0) is 17.4. The molecule has 0 spiro atoms. The molecule has 2 heteroatoms. The second kappa shape index (κ2) is 6.68. The normalized spacial score (nSPS) is 22.1. The second-order valence-corrected chi connectivity index (χ2v) is 8.60. The fourth-order valence-corrected chi connectivity index (χ4v) is 4.43. The highest BCUT2D eigenvalue weighted by Gasteiger charge is 2.36. The summed E-state index contributed by atoms with van der Waals surface area (Å²) < 4.78 is 6.02. The van der Waals surface area contributed by atoms with Gasteiger partial charge in [-0.2, -0.15) is 0 Å². The van der Waals surface area contributed by atoms with Crippen molar-refractivity contribution in [2.45, 2.75) is 63.9 Å². The second-order valence-electron chi connectivity index (χ2n) is 8.33. The van der Waals surface area contributed by atoms with Crippen LogP contribution in [0.4, 0.5) is 0 Å². The number of hydrogen-bond acceptors (Lipinski definition) is 1. The Hall–Kier alpha value is -1.47. The summed E-state index contributed by atoms with van der Waals surface area (Å²) in [4.78, 5) is 0. The van der Waals surface area contributed by atoms with Crippen LogP contribution in [0, 0.1) is 5.41 Å². The lowest BCUT2D eigenvalue weighted by molar-refractivity contribution is 0.303. The zero-order valence-corrected chi connectivity index (χ0v) is 16.0. The molecule has 2 aliphatic carbocycles. The van der Waals surface area contributed by atoms with E-state index < -0.39 is 0 Å². The van der Waals surface area contributed by atoms with Gasteiger partial charge in [-0.05, 0) is 71.4 Å². The third kappa shape index (κ3) is 3.58. The summed E-state index contributed by atoms with van der Waals surface area (Å²) >= 11 is 6.14. The summed E-state index contributed by atoms with van der Waals surface area (Å²) in [5.74, 6) is 2.17. The molecule has 132 valence electrons. The van der Waals surface area contributed by atoms with E-state index in [1.165, 1.54) is 54.4 Å². The number of hydrogen-bond donors (Lipinski definition) is 0. The Balaban J connectivity index is 1.76. The van der Waals surface area contributed by atoms with Crippen molar-refractivity contribution in [1.29, 1.82) is 0 Å². The molecule has 0 amide bonds. The molecule has 2 fully saturated rings. The molecule has 0 heterocycles. The van der Waals surface area contributed by atoms with Crippen LogP contribution in [0.2, 0.25) is 0 Å². The van der Waals surface area contributed by atoms with Gasteiger partial charge in [0.1, 0.15) is 5.75 Å². The lowest BCUT2D eigenvalue weighted by Gasteiger charge is -2.29. The fourth-order valence-electron chi connectivity index (χ4n) is 4.27. The molecule has 1 atom stereocenters. The van der Waals surface area contributed by atoms with Crippen LogP contribution >= 0.6 is 11.6 Å². The van der Waals surface area contributed by atoms with Crippen molar-refractivity contribution < 1.29 is 4.74 Å². The molecule has 25 heavy (non-hydrogen) atoms. The van der Waals surface area contributed by atoms with Gasteiger partial charge in [0, 0.05) is 5.88 Å². The minimum Gasteiger partial charge on any atom is -0.490 e. The van der Waals surface area contributed by atoms with Crippen molar-refractivity contribution in [2.24, 2.45) is 5.41 Å². The molecular weight excluding hydrogens is 328 g/mol.